The van der Waals surface area contributed by atoms with Crippen LogP contribution in [0.4, 0.5) is 10.1 Å². The lowest BCUT2D eigenvalue weighted by molar-refractivity contribution is -0.140. The Kier molecular flexibility index (Phi) is 11.9. The van der Waals surface area contributed by atoms with Crippen LogP contribution in [0.5, 0.6) is 5.75 Å². The summed E-state index contributed by atoms with van der Waals surface area (Å²) >= 11 is 0. The quantitative estimate of drug-likeness (QED) is 0.163. The number of carbonyl (C=O) groups excluding carboxylic acids is 2. The Morgan fingerprint density at radius 3 is 2.24 bits per heavy atom. The summed E-state index contributed by atoms with van der Waals surface area (Å²) in [6, 6.07) is 26.8. The van der Waals surface area contributed by atoms with Crippen molar-refractivity contribution in [2.45, 2.75) is 50.6 Å². The fraction of sp³-hybridized carbons (Fsp3) is 0.278. The van der Waals surface area contributed by atoms with Crippen LogP contribution < -0.4 is 14.4 Å². The number of sulfonamides is 1. The molecule has 10 heteroatoms. The van der Waals surface area contributed by atoms with Gasteiger partial charge in [0.05, 0.1) is 17.7 Å². The van der Waals surface area contributed by atoms with E-state index < -0.39 is 34.3 Å². The molecule has 46 heavy (non-hydrogen) atoms. The minimum Gasteiger partial charge on any atom is -0.497 e. The van der Waals surface area contributed by atoms with E-state index in [0.717, 1.165) is 28.3 Å². The molecular weight excluding hydrogens is 605 g/mol. The molecule has 0 aliphatic heterocycles. The van der Waals surface area contributed by atoms with Crippen LogP contribution in [-0.2, 0) is 32.6 Å². The summed E-state index contributed by atoms with van der Waals surface area (Å²) in [4.78, 5) is 29.7. The molecule has 0 aromatic heterocycles. The molecular formula is C36H40FN3O5S. The molecule has 0 saturated carbocycles. The van der Waals surface area contributed by atoms with E-state index in [2.05, 4.69) is 5.32 Å². The molecule has 0 saturated heterocycles. The highest BCUT2D eigenvalue weighted by atomic mass is 32.2. The van der Waals surface area contributed by atoms with Gasteiger partial charge in [0.1, 0.15) is 24.2 Å². The average Bonchev–Trinajstić information content (AvgIpc) is 3.06. The first-order chi connectivity index (χ1) is 22.1. The van der Waals surface area contributed by atoms with Gasteiger partial charge in [-0.15, -0.1) is 0 Å². The first-order valence-electron chi connectivity index (χ1n) is 15.2. The van der Waals surface area contributed by atoms with Gasteiger partial charge in [0, 0.05) is 25.6 Å². The van der Waals surface area contributed by atoms with Crippen LogP contribution >= 0.6 is 0 Å². The number of rotatable bonds is 15. The van der Waals surface area contributed by atoms with Crippen molar-refractivity contribution in [2.24, 2.45) is 0 Å². The predicted molar refractivity (Wildman–Crippen MR) is 178 cm³/mol. The van der Waals surface area contributed by atoms with E-state index in [-0.39, 0.29) is 29.5 Å². The summed E-state index contributed by atoms with van der Waals surface area (Å²) in [5, 5.41) is 2.95. The van der Waals surface area contributed by atoms with Gasteiger partial charge in [-0.2, -0.15) is 0 Å². The summed E-state index contributed by atoms with van der Waals surface area (Å²) in [5.74, 6) is -0.987. The van der Waals surface area contributed by atoms with Crippen LogP contribution in [0.3, 0.4) is 0 Å². The van der Waals surface area contributed by atoms with Crippen LogP contribution in [0.2, 0.25) is 0 Å². The number of methoxy groups -OCH3 is 1. The van der Waals surface area contributed by atoms with Gasteiger partial charge >= 0.3 is 0 Å². The number of nitrogens with one attached hydrogen (secondary N) is 1. The van der Waals surface area contributed by atoms with Gasteiger partial charge < -0.3 is 15.0 Å². The number of nitrogens with zero attached hydrogens (tertiary/aromatic N) is 2. The van der Waals surface area contributed by atoms with Gasteiger partial charge in [-0.3, -0.25) is 13.9 Å². The van der Waals surface area contributed by atoms with E-state index in [0.29, 0.717) is 17.9 Å². The highest BCUT2D eigenvalue weighted by Gasteiger charge is 2.34. The number of hydrogen-bond acceptors (Lipinski definition) is 5. The Morgan fingerprint density at radius 2 is 1.59 bits per heavy atom. The topological polar surface area (TPSA) is 96.0 Å². The molecule has 1 atom stereocenters. The zero-order chi connectivity index (χ0) is 33.1. The highest BCUT2D eigenvalue weighted by Crippen LogP contribution is 2.28. The lowest BCUT2D eigenvalue weighted by atomic mass is 10.0. The number of aryl methyl sites for hydroxylation is 1. The summed E-state index contributed by atoms with van der Waals surface area (Å²) in [6.45, 7) is 3.65. The van der Waals surface area contributed by atoms with E-state index in [1.807, 2.05) is 44.2 Å². The largest absolute Gasteiger partial charge is 0.497 e. The Labute approximate surface area is 270 Å². The zero-order valence-electron chi connectivity index (χ0n) is 26.4. The van der Waals surface area contributed by atoms with Crippen molar-refractivity contribution in [3.63, 3.8) is 0 Å². The van der Waals surface area contributed by atoms with Crippen LogP contribution in [0.15, 0.2) is 108 Å². The van der Waals surface area contributed by atoms with E-state index in [1.54, 1.807) is 48.5 Å². The minimum atomic E-state index is -4.25. The van der Waals surface area contributed by atoms with Crippen LogP contribution in [0.1, 0.15) is 36.5 Å². The molecule has 0 radical (unpaired) electrons. The normalized spacial score (nSPS) is 11.8. The molecule has 0 bridgehead atoms. The number of carbonyl (C=O) groups is 2. The molecule has 242 valence electrons. The van der Waals surface area contributed by atoms with Crippen molar-refractivity contribution in [3.8, 4) is 5.75 Å². The van der Waals surface area contributed by atoms with E-state index in [4.69, 9.17) is 4.74 Å². The van der Waals surface area contributed by atoms with E-state index >= 15 is 0 Å². The first kappa shape index (κ1) is 34.2. The van der Waals surface area contributed by atoms with Gasteiger partial charge in [-0.1, -0.05) is 79.6 Å². The van der Waals surface area contributed by atoms with E-state index in [1.165, 1.54) is 36.3 Å². The lowest BCUT2D eigenvalue weighted by Crippen LogP contribution is -2.53. The van der Waals surface area contributed by atoms with Gasteiger partial charge in [-0.25, -0.2) is 12.8 Å². The van der Waals surface area contributed by atoms with Crippen molar-refractivity contribution in [3.05, 3.63) is 126 Å². The first-order valence-corrected chi connectivity index (χ1v) is 16.7. The Morgan fingerprint density at radius 1 is 0.891 bits per heavy atom. The van der Waals surface area contributed by atoms with Crippen LogP contribution in [0.25, 0.3) is 0 Å². The van der Waals surface area contributed by atoms with Crippen molar-refractivity contribution in [1.82, 2.24) is 10.2 Å². The van der Waals surface area contributed by atoms with Crippen molar-refractivity contribution >= 4 is 27.5 Å². The number of halogens is 1. The molecule has 0 heterocycles. The summed E-state index contributed by atoms with van der Waals surface area (Å²) < 4.78 is 48.6. The molecule has 1 N–H and O–H groups in total. The van der Waals surface area contributed by atoms with Crippen molar-refractivity contribution in [2.75, 3.05) is 24.5 Å². The summed E-state index contributed by atoms with van der Waals surface area (Å²) in [5.41, 5.74) is 2.52. The number of ether oxygens (including phenoxy) is 1. The predicted octanol–water partition coefficient (Wildman–Crippen LogP) is 5.89. The van der Waals surface area contributed by atoms with Gasteiger partial charge in [0.25, 0.3) is 10.0 Å². The maximum atomic E-state index is 14.5. The molecule has 4 aromatic rings. The molecule has 4 aromatic carbocycles. The van der Waals surface area contributed by atoms with Crippen molar-refractivity contribution in [1.29, 1.82) is 0 Å². The monoisotopic (exact) mass is 645 g/mol. The molecule has 1 unspecified atom stereocenters. The van der Waals surface area contributed by atoms with Crippen LogP contribution in [-0.4, -0.2) is 51.4 Å². The maximum Gasteiger partial charge on any atom is 0.264 e. The Bertz CT molecular complexity index is 1700. The SMILES string of the molecule is CCCCNC(=O)C(Cc1ccccc1)N(Cc1ccc(F)cc1)C(=O)CN(c1cccc(OC)c1)S(=O)(=O)c1ccc(C)cc1. The fourth-order valence-corrected chi connectivity index (χ4v) is 6.38. The van der Waals surface area contributed by atoms with Gasteiger partial charge in [0.15, 0.2) is 0 Å². The number of benzene rings is 4. The van der Waals surface area contributed by atoms with Crippen LogP contribution in [0, 0.1) is 12.7 Å². The van der Waals surface area contributed by atoms with Crippen molar-refractivity contribution < 1.29 is 27.1 Å². The number of unbranched alkanes of at least 4 members (excludes halogenated alkanes) is 1. The Balaban J connectivity index is 1.80. The molecule has 2 amide bonds. The third-order valence-corrected chi connectivity index (χ3v) is 9.38. The van der Waals surface area contributed by atoms with Gasteiger partial charge in [-0.05, 0) is 60.9 Å². The lowest BCUT2D eigenvalue weighted by Gasteiger charge is -2.34. The smallest absolute Gasteiger partial charge is 0.264 e. The fourth-order valence-electron chi connectivity index (χ4n) is 4.98. The number of amides is 2. The summed E-state index contributed by atoms with van der Waals surface area (Å²) in [7, 11) is -2.77. The van der Waals surface area contributed by atoms with E-state index in [9.17, 15) is 22.4 Å². The number of hydrogen-bond donors (Lipinski definition) is 1. The highest BCUT2D eigenvalue weighted by molar-refractivity contribution is 7.92. The molecule has 0 aliphatic carbocycles. The van der Waals surface area contributed by atoms with Gasteiger partial charge in [0.2, 0.25) is 11.8 Å². The molecule has 0 aliphatic rings. The minimum absolute atomic E-state index is 0.0111. The molecule has 4 rings (SSSR count). The average molecular weight is 646 g/mol. The number of anilines is 1. The zero-order valence-corrected chi connectivity index (χ0v) is 27.2. The second-order valence-electron chi connectivity index (χ2n) is 11.0. The second kappa shape index (κ2) is 16.0. The standard InChI is InChI=1S/C36H40FN3O5S/c1-4-5-22-38-36(42)34(23-28-10-7-6-8-11-28)39(25-29-16-18-30(37)19-17-29)35(41)26-40(31-12-9-13-32(24-31)45-3)46(43,44)33-20-14-27(2)15-21-33/h6-21,24,34H,4-5,22-23,25-26H2,1-3H3,(H,38,42). The second-order valence-corrected chi connectivity index (χ2v) is 12.9. The molecule has 0 spiro atoms. The summed E-state index contributed by atoms with van der Waals surface area (Å²) in [6.07, 6.45) is 1.82. The third kappa shape index (κ3) is 8.94. The molecule has 0 fully saturated rings. The maximum absolute atomic E-state index is 14.5. The third-order valence-electron chi connectivity index (χ3n) is 7.60. The Hall–Kier alpha value is -4.70. The molecule has 8 nitrogen and oxygen atoms in total.